The summed E-state index contributed by atoms with van der Waals surface area (Å²) in [7, 11) is 1.64. The predicted octanol–water partition coefficient (Wildman–Crippen LogP) is 6.05. The highest BCUT2D eigenvalue weighted by molar-refractivity contribution is 9.10. The van der Waals surface area contributed by atoms with Crippen LogP contribution in [0.3, 0.4) is 0 Å². The second-order valence-corrected chi connectivity index (χ2v) is 7.93. The average Bonchev–Trinajstić information content (AvgIpc) is 2.74. The number of benzene rings is 3. The number of ether oxygens (including phenoxy) is 2. The number of rotatable bonds is 8. The predicted molar refractivity (Wildman–Crippen MR) is 125 cm³/mol. The number of hydrogen-bond acceptors (Lipinski definition) is 4. The summed E-state index contributed by atoms with van der Waals surface area (Å²) < 4.78 is 11.6. The summed E-state index contributed by atoms with van der Waals surface area (Å²) in [6.07, 6.45) is 0. The van der Waals surface area contributed by atoms with E-state index in [1.807, 2.05) is 55.5 Å². The number of hydrogen-bond donors (Lipinski definition) is 2. The van der Waals surface area contributed by atoms with Crippen molar-refractivity contribution in [2.75, 3.05) is 24.4 Å². The van der Waals surface area contributed by atoms with E-state index in [4.69, 9.17) is 21.1 Å². The van der Waals surface area contributed by atoms with Crippen molar-refractivity contribution in [3.63, 3.8) is 0 Å². The first-order chi connectivity index (χ1) is 14.4. The van der Waals surface area contributed by atoms with E-state index in [0.29, 0.717) is 23.0 Å². The third-order valence-electron chi connectivity index (χ3n) is 4.42. The van der Waals surface area contributed by atoms with Crippen LogP contribution >= 0.6 is 27.5 Å². The molecule has 0 atom stereocenters. The first kappa shape index (κ1) is 22.0. The van der Waals surface area contributed by atoms with Crippen LogP contribution in [0.15, 0.2) is 65.1 Å². The fourth-order valence-corrected chi connectivity index (χ4v) is 3.46. The number of carbonyl (C=O) groups excluding carboxylic acids is 1. The maximum absolute atomic E-state index is 12.2. The highest BCUT2D eigenvalue weighted by Crippen LogP contribution is 2.27. The van der Waals surface area contributed by atoms with Crippen LogP contribution in [-0.4, -0.2) is 19.6 Å². The summed E-state index contributed by atoms with van der Waals surface area (Å²) >= 11 is 9.50. The Bertz CT molecular complexity index is 1030. The van der Waals surface area contributed by atoms with E-state index in [9.17, 15) is 4.79 Å². The van der Waals surface area contributed by atoms with Crippen LogP contribution in [0.2, 0.25) is 5.02 Å². The molecule has 1 amide bonds. The molecule has 0 fully saturated rings. The van der Waals surface area contributed by atoms with E-state index in [1.54, 1.807) is 19.2 Å². The molecule has 5 nitrogen and oxygen atoms in total. The van der Waals surface area contributed by atoms with Crippen molar-refractivity contribution in [1.82, 2.24) is 0 Å². The Hall–Kier alpha value is -2.70. The first-order valence-electron chi connectivity index (χ1n) is 9.30. The lowest BCUT2D eigenvalue weighted by molar-refractivity contribution is -0.118. The smallest absolute Gasteiger partial charge is 0.262 e. The Labute approximate surface area is 189 Å². The Morgan fingerprint density at radius 3 is 2.53 bits per heavy atom. The summed E-state index contributed by atoms with van der Waals surface area (Å²) in [6, 6.07) is 18.9. The molecule has 0 saturated carbocycles. The van der Waals surface area contributed by atoms with Gasteiger partial charge in [0.1, 0.15) is 11.5 Å². The van der Waals surface area contributed by atoms with E-state index in [1.165, 1.54) is 0 Å². The van der Waals surface area contributed by atoms with Crippen molar-refractivity contribution in [1.29, 1.82) is 0 Å². The molecular weight excluding hydrogens is 468 g/mol. The van der Waals surface area contributed by atoms with Gasteiger partial charge in [0.2, 0.25) is 0 Å². The lowest BCUT2D eigenvalue weighted by Gasteiger charge is -2.12. The van der Waals surface area contributed by atoms with Gasteiger partial charge in [-0.15, -0.1) is 0 Å². The number of carbonyl (C=O) groups is 1. The van der Waals surface area contributed by atoms with Gasteiger partial charge in [-0.1, -0.05) is 23.7 Å². The van der Waals surface area contributed by atoms with Gasteiger partial charge in [0.25, 0.3) is 5.91 Å². The zero-order valence-electron chi connectivity index (χ0n) is 16.7. The van der Waals surface area contributed by atoms with E-state index in [0.717, 1.165) is 27.0 Å². The molecule has 7 heteroatoms. The molecule has 0 aliphatic carbocycles. The van der Waals surface area contributed by atoms with Crippen molar-refractivity contribution in [2.45, 2.75) is 13.5 Å². The molecule has 3 aromatic carbocycles. The van der Waals surface area contributed by atoms with Gasteiger partial charge in [-0.3, -0.25) is 4.79 Å². The molecule has 0 bridgehead atoms. The Morgan fingerprint density at radius 2 is 1.83 bits per heavy atom. The van der Waals surface area contributed by atoms with E-state index in [-0.39, 0.29) is 12.5 Å². The largest absolute Gasteiger partial charge is 0.497 e. The van der Waals surface area contributed by atoms with Gasteiger partial charge in [-0.25, -0.2) is 0 Å². The molecule has 0 spiro atoms. The van der Waals surface area contributed by atoms with Crippen LogP contribution in [0.25, 0.3) is 0 Å². The zero-order valence-corrected chi connectivity index (χ0v) is 19.0. The molecule has 0 radical (unpaired) electrons. The van der Waals surface area contributed by atoms with E-state index in [2.05, 4.69) is 26.6 Å². The minimum Gasteiger partial charge on any atom is -0.497 e. The van der Waals surface area contributed by atoms with Gasteiger partial charge in [-0.05, 0) is 82.5 Å². The van der Waals surface area contributed by atoms with Gasteiger partial charge in [0.05, 0.1) is 11.6 Å². The summed E-state index contributed by atoms with van der Waals surface area (Å²) in [5, 5.41) is 6.74. The minimum atomic E-state index is -0.252. The van der Waals surface area contributed by atoms with Crippen LogP contribution in [0.1, 0.15) is 11.1 Å². The van der Waals surface area contributed by atoms with Crippen molar-refractivity contribution in [3.8, 4) is 11.5 Å². The third kappa shape index (κ3) is 6.15. The first-order valence-corrected chi connectivity index (χ1v) is 10.5. The molecule has 0 aromatic heterocycles. The fraction of sp³-hybridized carbons (Fsp3) is 0.174. The van der Waals surface area contributed by atoms with Crippen molar-refractivity contribution in [2.24, 2.45) is 0 Å². The third-order valence-corrected chi connectivity index (χ3v) is 5.27. The van der Waals surface area contributed by atoms with E-state index >= 15 is 0 Å². The number of methoxy groups -OCH3 is 1. The normalized spacial score (nSPS) is 10.4. The molecule has 30 heavy (non-hydrogen) atoms. The molecular formula is C23H22BrClN2O3. The van der Waals surface area contributed by atoms with Crippen molar-refractivity contribution < 1.29 is 14.3 Å². The lowest BCUT2D eigenvalue weighted by Crippen LogP contribution is -2.20. The van der Waals surface area contributed by atoms with Gasteiger partial charge in [0, 0.05) is 22.9 Å². The van der Waals surface area contributed by atoms with E-state index < -0.39 is 0 Å². The van der Waals surface area contributed by atoms with Crippen molar-refractivity contribution >= 4 is 44.8 Å². The van der Waals surface area contributed by atoms with Gasteiger partial charge in [-0.2, -0.15) is 0 Å². The highest BCUT2D eigenvalue weighted by atomic mass is 79.9. The van der Waals surface area contributed by atoms with Crippen molar-refractivity contribution in [3.05, 3.63) is 81.3 Å². The lowest BCUT2D eigenvalue weighted by atomic mass is 10.2. The maximum atomic E-state index is 12.2. The maximum Gasteiger partial charge on any atom is 0.262 e. The van der Waals surface area contributed by atoms with Crippen LogP contribution in [0.4, 0.5) is 11.4 Å². The monoisotopic (exact) mass is 488 g/mol. The number of aryl methyl sites for hydroxylation is 1. The number of nitrogens with one attached hydrogen (secondary N) is 2. The minimum absolute atomic E-state index is 0.103. The molecule has 0 saturated heterocycles. The second-order valence-electron chi connectivity index (χ2n) is 6.64. The van der Waals surface area contributed by atoms with Gasteiger partial charge >= 0.3 is 0 Å². The van der Waals surface area contributed by atoms with Crippen LogP contribution in [0, 0.1) is 6.92 Å². The second kappa shape index (κ2) is 10.4. The quantitative estimate of drug-likeness (QED) is 0.404. The fourth-order valence-electron chi connectivity index (χ4n) is 2.74. The van der Waals surface area contributed by atoms with Gasteiger partial charge < -0.3 is 20.1 Å². The summed E-state index contributed by atoms with van der Waals surface area (Å²) in [6.45, 7) is 2.45. The average molecular weight is 490 g/mol. The molecule has 3 aromatic rings. The molecule has 0 unspecified atom stereocenters. The van der Waals surface area contributed by atoms with Crippen LogP contribution in [-0.2, 0) is 11.3 Å². The number of amides is 1. The Morgan fingerprint density at radius 1 is 1.07 bits per heavy atom. The summed E-state index contributed by atoms with van der Waals surface area (Å²) in [5.41, 5.74) is 3.68. The molecule has 0 heterocycles. The number of halogens is 2. The van der Waals surface area contributed by atoms with Gasteiger partial charge in [0.15, 0.2) is 6.61 Å². The summed E-state index contributed by atoms with van der Waals surface area (Å²) in [4.78, 5) is 12.2. The Kier molecular flexibility index (Phi) is 7.60. The van der Waals surface area contributed by atoms with Crippen LogP contribution in [0.5, 0.6) is 11.5 Å². The molecule has 3 rings (SSSR count). The Balaban J connectivity index is 1.53. The molecule has 2 N–H and O–H groups in total. The summed E-state index contributed by atoms with van der Waals surface area (Å²) in [5.74, 6) is 1.16. The standard InChI is InChI=1S/C23H22BrClN2O3/c1-15-3-5-17(25)12-21(15)27-23(28)14-30-22-10-4-16(11-20(22)24)13-26-18-6-8-19(29-2)9-7-18/h3-12,26H,13-14H2,1-2H3,(H,27,28). The topological polar surface area (TPSA) is 59.6 Å². The highest BCUT2D eigenvalue weighted by Gasteiger charge is 2.09. The SMILES string of the molecule is COc1ccc(NCc2ccc(OCC(=O)Nc3cc(Cl)ccc3C)c(Br)c2)cc1. The van der Waals surface area contributed by atoms with Crippen LogP contribution < -0.4 is 20.1 Å². The molecule has 0 aliphatic heterocycles. The zero-order chi connectivity index (χ0) is 21.5. The number of anilines is 2. The molecule has 0 aliphatic rings. The molecule has 156 valence electrons.